The summed E-state index contributed by atoms with van der Waals surface area (Å²) in [4.78, 5) is 35.8. The fraction of sp³-hybridized carbons (Fsp3) is 0.462. The number of ketones is 1. The molecule has 1 atom stereocenters. The summed E-state index contributed by atoms with van der Waals surface area (Å²) in [5.74, 6) is -2.79. The van der Waals surface area contributed by atoms with E-state index in [9.17, 15) is 14.4 Å². The Bertz CT molecular complexity index is 438. The third-order valence-electron chi connectivity index (χ3n) is 2.30. The molecule has 1 aromatic heterocycles. The molecule has 1 unspecified atom stereocenters. The van der Waals surface area contributed by atoms with Crippen molar-refractivity contribution in [1.29, 1.82) is 0 Å². The Morgan fingerprint density at radius 1 is 1.21 bits per heavy atom. The molecule has 104 valence electrons. The van der Waals surface area contributed by atoms with Crippen LogP contribution in [0.3, 0.4) is 0 Å². The van der Waals surface area contributed by atoms with Crippen LogP contribution in [-0.4, -0.2) is 30.9 Å². The average molecular weight is 284 g/mol. The lowest BCUT2D eigenvalue weighted by Gasteiger charge is -2.12. The Hall–Kier alpha value is -1.69. The summed E-state index contributed by atoms with van der Waals surface area (Å²) in [6, 6.07) is 3.42. The van der Waals surface area contributed by atoms with Crippen LogP contribution in [0, 0.1) is 0 Å². The van der Waals surface area contributed by atoms with Gasteiger partial charge in [-0.1, -0.05) is 6.07 Å². The summed E-state index contributed by atoms with van der Waals surface area (Å²) in [5.41, 5.74) is 0. The second-order valence-electron chi connectivity index (χ2n) is 3.65. The molecule has 0 fully saturated rings. The van der Waals surface area contributed by atoms with Crippen molar-refractivity contribution in [1.82, 2.24) is 0 Å². The maximum atomic E-state index is 12.0. The van der Waals surface area contributed by atoms with Gasteiger partial charge in [-0.2, -0.15) is 0 Å². The Labute approximate surface area is 115 Å². The minimum absolute atomic E-state index is 0.188. The molecule has 1 heterocycles. The fourth-order valence-corrected chi connectivity index (χ4v) is 2.38. The molecule has 0 saturated carbocycles. The number of hydrogen-bond acceptors (Lipinski definition) is 6. The van der Waals surface area contributed by atoms with Gasteiger partial charge in [0.2, 0.25) is 0 Å². The van der Waals surface area contributed by atoms with Crippen LogP contribution in [0.4, 0.5) is 0 Å². The largest absolute Gasteiger partial charge is 0.466 e. The summed E-state index contributed by atoms with van der Waals surface area (Å²) < 4.78 is 9.60. The topological polar surface area (TPSA) is 69.7 Å². The number of carbonyl (C=O) groups excluding carboxylic acids is 3. The molecule has 0 saturated heterocycles. The lowest BCUT2D eigenvalue weighted by Crippen LogP contribution is -2.26. The molecular formula is C13H16O5S. The zero-order chi connectivity index (χ0) is 14.3. The minimum Gasteiger partial charge on any atom is -0.466 e. The van der Waals surface area contributed by atoms with Crippen LogP contribution in [0.2, 0.25) is 0 Å². The lowest BCUT2D eigenvalue weighted by molar-refractivity contribution is -0.150. The highest BCUT2D eigenvalue weighted by atomic mass is 32.1. The van der Waals surface area contributed by atoms with Crippen LogP contribution in [-0.2, 0) is 23.9 Å². The first-order valence-electron chi connectivity index (χ1n) is 5.98. The molecular weight excluding hydrogens is 268 g/mol. The maximum absolute atomic E-state index is 12.0. The van der Waals surface area contributed by atoms with Gasteiger partial charge in [0.25, 0.3) is 0 Å². The smallest absolute Gasteiger partial charge is 0.321 e. The number of hydrogen-bond donors (Lipinski definition) is 0. The number of thiophene rings is 1. The van der Waals surface area contributed by atoms with Crippen LogP contribution >= 0.6 is 11.3 Å². The normalized spacial score (nSPS) is 11.7. The number of carbonyl (C=O) groups is 3. The van der Waals surface area contributed by atoms with Gasteiger partial charge in [0.1, 0.15) is 12.3 Å². The van der Waals surface area contributed by atoms with E-state index in [1.165, 1.54) is 11.3 Å². The van der Waals surface area contributed by atoms with Crippen LogP contribution in [0.5, 0.6) is 0 Å². The molecule has 1 aromatic rings. The highest BCUT2D eigenvalue weighted by Crippen LogP contribution is 2.25. The summed E-state index contributed by atoms with van der Waals surface area (Å²) in [5, 5.41) is 1.76. The van der Waals surface area contributed by atoms with E-state index in [0.29, 0.717) is 4.88 Å². The zero-order valence-electron chi connectivity index (χ0n) is 10.9. The van der Waals surface area contributed by atoms with Gasteiger partial charge >= 0.3 is 11.9 Å². The van der Waals surface area contributed by atoms with Crippen molar-refractivity contribution >= 4 is 29.1 Å². The number of Topliss-reactive ketones (excluding diaryl/α,β-unsaturated/α-hetero) is 1. The third-order valence-corrected chi connectivity index (χ3v) is 3.23. The highest BCUT2D eigenvalue weighted by molar-refractivity contribution is 7.10. The van der Waals surface area contributed by atoms with Crippen molar-refractivity contribution in [3.05, 3.63) is 22.4 Å². The van der Waals surface area contributed by atoms with E-state index in [1.54, 1.807) is 31.4 Å². The predicted molar refractivity (Wildman–Crippen MR) is 70.0 cm³/mol. The first kappa shape index (κ1) is 15.4. The second-order valence-corrected chi connectivity index (χ2v) is 4.63. The molecule has 0 amide bonds. The Morgan fingerprint density at radius 2 is 1.89 bits per heavy atom. The van der Waals surface area contributed by atoms with Gasteiger partial charge in [-0.05, 0) is 25.3 Å². The van der Waals surface area contributed by atoms with Crippen LogP contribution < -0.4 is 0 Å². The molecule has 1 rings (SSSR count). The summed E-state index contributed by atoms with van der Waals surface area (Å²) >= 11 is 1.28. The van der Waals surface area contributed by atoms with E-state index >= 15 is 0 Å². The average Bonchev–Trinajstić information content (AvgIpc) is 2.83. The van der Waals surface area contributed by atoms with Gasteiger partial charge in [-0.3, -0.25) is 14.4 Å². The van der Waals surface area contributed by atoms with E-state index in [0.717, 1.165) is 0 Å². The highest BCUT2D eigenvalue weighted by Gasteiger charge is 2.32. The molecule has 0 radical (unpaired) electrons. The molecule has 0 spiro atoms. The molecule has 0 bridgehead atoms. The molecule has 0 aliphatic carbocycles. The minimum atomic E-state index is -1.04. The van der Waals surface area contributed by atoms with E-state index in [-0.39, 0.29) is 13.2 Å². The van der Waals surface area contributed by atoms with E-state index in [2.05, 4.69) is 0 Å². The van der Waals surface area contributed by atoms with Crippen molar-refractivity contribution in [3.8, 4) is 0 Å². The van der Waals surface area contributed by atoms with Crippen molar-refractivity contribution in [3.63, 3.8) is 0 Å². The molecule has 0 aliphatic rings. The summed E-state index contributed by atoms with van der Waals surface area (Å²) in [6.07, 6.45) is -0.421. The lowest BCUT2D eigenvalue weighted by atomic mass is 10.00. The molecule has 6 heteroatoms. The van der Waals surface area contributed by atoms with Gasteiger partial charge in [0.15, 0.2) is 5.78 Å². The molecule has 0 aliphatic heterocycles. The third kappa shape index (κ3) is 4.48. The SMILES string of the molecule is CCOC(=O)CC(=O)C(C(=O)OCC)c1cccs1. The first-order valence-corrected chi connectivity index (χ1v) is 6.86. The molecule has 0 N–H and O–H groups in total. The van der Waals surface area contributed by atoms with Crippen LogP contribution in [0.1, 0.15) is 31.1 Å². The first-order chi connectivity index (χ1) is 9.10. The summed E-state index contributed by atoms with van der Waals surface area (Å²) in [7, 11) is 0. The maximum Gasteiger partial charge on any atom is 0.321 e. The van der Waals surface area contributed by atoms with Gasteiger partial charge in [0.05, 0.1) is 13.2 Å². The van der Waals surface area contributed by atoms with E-state index in [4.69, 9.17) is 9.47 Å². The van der Waals surface area contributed by atoms with Gasteiger partial charge < -0.3 is 9.47 Å². The molecule has 5 nitrogen and oxygen atoms in total. The van der Waals surface area contributed by atoms with Crippen molar-refractivity contribution in [2.75, 3.05) is 13.2 Å². The quantitative estimate of drug-likeness (QED) is 0.565. The number of ether oxygens (including phenoxy) is 2. The Kier molecular flexibility index (Phi) is 6.21. The summed E-state index contributed by atoms with van der Waals surface area (Å²) in [6.45, 7) is 3.71. The molecule has 0 aromatic carbocycles. The zero-order valence-corrected chi connectivity index (χ0v) is 11.7. The Balaban J connectivity index is 2.82. The number of rotatable bonds is 7. The van der Waals surface area contributed by atoms with E-state index < -0.39 is 30.1 Å². The van der Waals surface area contributed by atoms with Crippen molar-refractivity contribution in [2.45, 2.75) is 26.2 Å². The van der Waals surface area contributed by atoms with Gasteiger partial charge in [-0.15, -0.1) is 11.3 Å². The predicted octanol–water partition coefficient (Wildman–Crippen LogP) is 1.92. The fourth-order valence-electron chi connectivity index (χ4n) is 1.54. The van der Waals surface area contributed by atoms with Crippen molar-refractivity contribution in [2.24, 2.45) is 0 Å². The number of esters is 2. The van der Waals surface area contributed by atoms with Crippen LogP contribution in [0.25, 0.3) is 0 Å². The molecule has 19 heavy (non-hydrogen) atoms. The van der Waals surface area contributed by atoms with E-state index in [1.807, 2.05) is 0 Å². The standard InChI is InChI=1S/C13H16O5S/c1-3-17-11(15)8-9(14)12(13(16)18-4-2)10-6-5-7-19-10/h5-7,12H,3-4,8H2,1-2H3. The Morgan fingerprint density at radius 3 is 2.42 bits per heavy atom. The van der Waals surface area contributed by atoms with Crippen molar-refractivity contribution < 1.29 is 23.9 Å². The second kappa shape index (κ2) is 7.68. The van der Waals surface area contributed by atoms with Gasteiger partial charge in [-0.25, -0.2) is 0 Å². The van der Waals surface area contributed by atoms with Gasteiger partial charge in [0, 0.05) is 4.88 Å². The van der Waals surface area contributed by atoms with Crippen LogP contribution in [0.15, 0.2) is 17.5 Å². The monoisotopic (exact) mass is 284 g/mol.